The van der Waals surface area contributed by atoms with Gasteiger partial charge in [-0.1, -0.05) is 40.0 Å². The molecule has 0 unspecified atom stereocenters. The number of hydrazine groups is 3. The van der Waals surface area contributed by atoms with Gasteiger partial charge in [-0.05, 0) is 91.6 Å². The SMILES string of the molecule is CCCCOc1cc(OC)c(-c2c(C)c(-c3cc(C(=O)NN)c(OCCCC)cc3OC)c(C)c(-c3cc(C(=O)NN)c(OCCCC)cc3OC)c2C)cc1C(=O)NN. The Morgan fingerprint density at radius 1 is 0.450 bits per heavy atom. The minimum atomic E-state index is -0.566. The van der Waals surface area contributed by atoms with E-state index in [0.29, 0.717) is 87.7 Å². The lowest BCUT2D eigenvalue weighted by molar-refractivity contribution is 0.0941. The van der Waals surface area contributed by atoms with Gasteiger partial charge in [0, 0.05) is 34.9 Å². The molecule has 60 heavy (non-hydrogen) atoms. The summed E-state index contributed by atoms with van der Waals surface area (Å²) in [5.41, 5.74) is 13.1. The number of methoxy groups -OCH3 is 3. The van der Waals surface area contributed by atoms with Gasteiger partial charge in [-0.3, -0.25) is 30.7 Å². The van der Waals surface area contributed by atoms with E-state index in [0.717, 1.165) is 55.2 Å². The van der Waals surface area contributed by atoms with E-state index in [1.54, 1.807) is 36.4 Å². The molecule has 0 atom stereocenters. The largest absolute Gasteiger partial charge is 0.496 e. The summed E-state index contributed by atoms with van der Waals surface area (Å²) >= 11 is 0. The number of rotatable bonds is 21. The van der Waals surface area contributed by atoms with Crippen molar-refractivity contribution in [3.63, 3.8) is 0 Å². The van der Waals surface area contributed by atoms with Gasteiger partial charge in [0.05, 0.1) is 57.8 Å². The minimum absolute atomic E-state index is 0.188. The maximum absolute atomic E-state index is 13.4. The third-order valence-electron chi connectivity index (χ3n) is 10.4. The van der Waals surface area contributed by atoms with Gasteiger partial charge in [0.1, 0.15) is 34.5 Å². The minimum Gasteiger partial charge on any atom is -0.496 e. The molecule has 0 bridgehead atoms. The van der Waals surface area contributed by atoms with Crippen LogP contribution in [0.5, 0.6) is 34.5 Å². The first kappa shape index (κ1) is 46.7. The van der Waals surface area contributed by atoms with Crippen molar-refractivity contribution >= 4 is 17.7 Å². The van der Waals surface area contributed by atoms with E-state index < -0.39 is 17.7 Å². The lowest BCUT2D eigenvalue weighted by Gasteiger charge is -2.27. The van der Waals surface area contributed by atoms with E-state index in [4.69, 9.17) is 45.9 Å². The van der Waals surface area contributed by atoms with Crippen molar-refractivity contribution in [1.29, 1.82) is 0 Å². The van der Waals surface area contributed by atoms with Crippen LogP contribution in [0.25, 0.3) is 33.4 Å². The summed E-state index contributed by atoms with van der Waals surface area (Å²) in [6.07, 6.45) is 4.94. The average molecular weight is 829 g/mol. The average Bonchev–Trinajstić information content (AvgIpc) is 3.26. The fourth-order valence-corrected chi connectivity index (χ4v) is 7.31. The Morgan fingerprint density at radius 3 is 0.900 bits per heavy atom. The molecule has 15 heteroatoms. The van der Waals surface area contributed by atoms with Gasteiger partial charge in [-0.2, -0.15) is 0 Å². The highest BCUT2D eigenvalue weighted by Gasteiger charge is 2.30. The second kappa shape index (κ2) is 21.8. The number of unbranched alkanes of at least 4 members (excludes halogenated alkanes) is 3. The monoisotopic (exact) mass is 828 g/mol. The van der Waals surface area contributed by atoms with E-state index in [-0.39, 0.29) is 16.7 Å². The van der Waals surface area contributed by atoms with Crippen LogP contribution >= 0.6 is 0 Å². The van der Waals surface area contributed by atoms with Crippen LogP contribution in [0.15, 0.2) is 36.4 Å². The van der Waals surface area contributed by atoms with Gasteiger partial charge in [0.15, 0.2) is 0 Å². The Bertz CT molecular complexity index is 1930. The predicted molar refractivity (Wildman–Crippen MR) is 233 cm³/mol. The number of hydrogen-bond donors (Lipinski definition) is 6. The second-order valence-electron chi connectivity index (χ2n) is 14.2. The molecule has 15 nitrogen and oxygen atoms in total. The Hall–Kier alpha value is -6.03. The molecule has 0 saturated heterocycles. The highest BCUT2D eigenvalue weighted by Crippen LogP contribution is 2.51. The van der Waals surface area contributed by atoms with Crippen molar-refractivity contribution in [1.82, 2.24) is 16.3 Å². The summed E-state index contributed by atoms with van der Waals surface area (Å²) in [6, 6.07) is 10.1. The molecule has 0 heterocycles. The molecule has 0 aliphatic rings. The lowest BCUT2D eigenvalue weighted by atomic mass is 9.79. The van der Waals surface area contributed by atoms with Gasteiger partial charge < -0.3 is 28.4 Å². The van der Waals surface area contributed by atoms with Crippen molar-refractivity contribution in [2.24, 2.45) is 17.5 Å². The molecule has 324 valence electrons. The number of nitrogen functional groups attached to an aromatic ring is 3. The molecule has 0 spiro atoms. The summed E-state index contributed by atoms with van der Waals surface area (Å²) in [5.74, 6) is 17.6. The van der Waals surface area contributed by atoms with Gasteiger partial charge in [-0.15, -0.1) is 0 Å². The van der Waals surface area contributed by atoms with Gasteiger partial charge in [-0.25, -0.2) is 17.5 Å². The molecule has 3 amide bonds. The van der Waals surface area contributed by atoms with E-state index >= 15 is 0 Å². The lowest BCUT2D eigenvalue weighted by Crippen LogP contribution is -2.30. The van der Waals surface area contributed by atoms with Crippen molar-refractivity contribution in [2.45, 2.75) is 80.1 Å². The highest BCUT2D eigenvalue weighted by molar-refractivity contribution is 6.04. The summed E-state index contributed by atoms with van der Waals surface area (Å²) in [6.45, 7) is 13.0. The normalized spacial score (nSPS) is 10.8. The van der Waals surface area contributed by atoms with Crippen molar-refractivity contribution in [2.75, 3.05) is 41.2 Å². The number of benzene rings is 4. The standard InChI is InChI=1S/C45H60N6O9/c1-10-13-16-58-37-22-34(55-7)28(19-31(37)43(52)49-46)40-25(4)41(29-20-32(44(53)50-47)38(23-35(29)56-8)59-17-14-11-2)27(6)42(26(40)5)30-21-33(45(54)51-48)39(24-36(30)57-9)60-18-15-12-3/h19-24H,10-18,46-48H2,1-9H3,(H,49,52)(H,50,53)(H,51,54). The van der Waals surface area contributed by atoms with Crippen LogP contribution in [0.3, 0.4) is 0 Å². The zero-order chi connectivity index (χ0) is 44.1. The third kappa shape index (κ3) is 9.87. The van der Waals surface area contributed by atoms with Gasteiger partial charge >= 0.3 is 0 Å². The number of nitrogens with two attached hydrogens (primary N) is 3. The number of amides is 3. The van der Waals surface area contributed by atoms with E-state index in [1.807, 2.05) is 41.5 Å². The molecule has 0 radical (unpaired) electrons. The zero-order valence-electron chi connectivity index (χ0n) is 36.2. The summed E-state index contributed by atoms with van der Waals surface area (Å²) in [7, 11) is 4.61. The van der Waals surface area contributed by atoms with Crippen molar-refractivity contribution < 1.29 is 42.8 Å². The van der Waals surface area contributed by atoms with Crippen molar-refractivity contribution in [3.8, 4) is 67.9 Å². The molecule has 9 N–H and O–H groups in total. The molecular formula is C45H60N6O9. The quantitative estimate of drug-likeness (QED) is 0.0217. The fourth-order valence-electron chi connectivity index (χ4n) is 7.31. The zero-order valence-corrected chi connectivity index (χ0v) is 36.2. The number of nitrogens with one attached hydrogen (secondary N) is 3. The molecule has 4 rings (SSSR count). The van der Waals surface area contributed by atoms with Crippen LogP contribution in [0, 0.1) is 20.8 Å². The molecule has 0 aliphatic carbocycles. The molecule has 0 fully saturated rings. The van der Waals surface area contributed by atoms with E-state index in [2.05, 4.69) is 16.3 Å². The maximum Gasteiger partial charge on any atom is 0.268 e. The van der Waals surface area contributed by atoms with Crippen LogP contribution in [0.4, 0.5) is 0 Å². The van der Waals surface area contributed by atoms with Gasteiger partial charge in [0.25, 0.3) is 17.7 Å². The molecular weight excluding hydrogens is 769 g/mol. The summed E-state index contributed by atoms with van der Waals surface area (Å²) < 4.78 is 36.4. The molecule has 0 aliphatic heterocycles. The first-order valence-corrected chi connectivity index (χ1v) is 20.1. The Balaban J connectivity index is 2.27. The van der Waals surface area contributed by atoms with Crippen LogP contribution in [0.2, 0.25) is 0 Å². The number of carbonyl (C=O) groups is 3. The smallest absolute Gasteiger partial charge is 0.268 e. The fraction of sp³-hybridized carbons (Fsp3) is 0.400. The number of ether oxygens (including phenoxy) is 6. The van der Waals surface area contributed by atoms with Crippen LogP contribution in [0.1, 0.15) is 107 Å². The Kier molecular flexibility index (Phi) is 17.0. The highest BCUT2D eigenvalue weighted by atomic mass is 16.5. The van der Waals surface area contributed by atoms with Crippen molar-refractivity contribution in [3.05, 3.63) is 69.8 Å². The number of carbonyl (C=O) groups excluding carboxylic acids is 3. The Morgan fingerprint density at radius 2 is 0.700 bits per heavy atom. The molecule has 4 aromatic rings. The molecule has 0 aromatic heterocycles. The Labute approximate surface area is 352 Å². The van der Waals surface area contributed by atoms with Crippen LogP contribution < -0.4 is 62.2 Å². The summed E-state index contributed by atoms with van der Waals surface area (Å²) in [5, 5.41) is 0. The van der Waals surface area contributed by atoms with Crippen LogP contribution in [-0.2, 0) is 0 Å². The molecule has 0 saturated carbocycles. The van der Waals surface area contributed by atoms with Crippen LogP contribution in [-0.4, -0.2) is 58.9 Å². The molecule has 4 aromatic carbocycles. The first-order valence-electron chi connectivity index (χ1n) is 20.1. The first-order chi connectivity index (χ1) is 28.9. The third-order valence-corrected chi connectivity index (χ3v) is 10.4. The number of hydrogen-bond acceptors (Lipinski definition) is 12. The second-order valence-corrected chi connectivity index (χ2v) is 14.2. The van der Waals surface area contributed by atoms with E-state index in [1.165, 1.54) is 21.3 Å². The van der Waals surface area contributed by atoms with Gasteiger partial charge in [0.2, 0.25) is 0 Å². The maximum atomic E-state index is 13.4. The summed E-state index contributed by atoms with van der Waals surface area (Å²) in [4.78, 5) is 40.3. The predicted octanol–water partition coefficient (Wildman–Crippen LogP) is 6.99. The topological polar surface area (TPSA) is 221 Å². The van der Waals surface area contributed by atoms with E-state index in [9.17, 15) is 14.4 Å².